The smallest absolute Gasteiger partial charge is 0.358 e. The molecule has 0 aromatic carbocycles. The lowest BCUT2D eigenvalue weighted by Crippen LogP contribution is -2.06. The first-order chi connectivity index (χ1) is 7.64. The van der Waals surface area contributed by atoms with Gasteiger partial charge in [-0.3, -0.25) is 0 Å². The summed E-state index contributed by atoms with van der Waals surface area (Å²) in [6, 6.07) is 0.703. The van der Waals surface area contributed by atoms with Gasteiger partial charge in [-0.2, -0.15) is 0 Å². The Bertz CT molecular complexity index is 575. The molecule has 0 fully saturated rings. The summed E-state index contributed by atoms with van der Waals surface area (Å²) in [5.74, 6) is -0.829. The first-order valence-electron chi connectivity index (χ1n) is 4.03. The van der Waals surface area contributed by atoms with Gasteiger partial charge in [0.15, 0.2) is 0 Å². The van der Waals surface area contributed by atoms with E-state index in [0.717, 1.165) is 0 Å². The second kappa shape index (κ2) is 4.49. The molecule has 1 aromatic heterocycles. The molecular weight excluding hydrogens is 282 g/mol. The van der Waals surface area contributed by atoms with Gasteiger partial charge < -0.3 is 10.1 Å². The van der Waals surface area contributed by atoms with Gasteiger partial charge in [0.2, 0.25) is 5.69 Å². The number of nitrogens with zero attached hydrogens (tertiary/aromatic N) is 2. The van der Waals surface area contributed by atoms with Crippen LogP contribution >= 0.6 is 10.7 Å². The molecule has 17 heavy (non-hydrogen) atoms. The van der Waals surface area contributed by atoms with E-state index in [9.17, 15) is 27.3 Å². The first kappa shape index (κ1) is 13.7. The highest BCUT2D eigenvalue weighted by atomic mass is 35.7. The van der Waals surface area contributed by atoms with Crippen LogP contribution in [0.2, 0.25) is 0 Å². The summed E-state index contributed by atoms with van der Waals surface area (Å²) in [5.41, 5.74) is -1.39. The van der Waals surface area contributed by atoms with E-state index in [4.69, 9.17) is 10.7 Å². The van der Waals surface area contributed by atoms with E-state index in [2.05, 4.69) is 4.98 Å². The van der Waals surface area contributed by atoms with Gasteiger partial charge in [-0.05, 0) is 22.9 Å². The predicted octanol–water partition coefficient (Wildman–Crippen LogP) is 2.16. The Labute approximate surface area is 98.8 Å². The fourth-order valence-electron chi connectivity index (χ4n) is 1.13. The Balaban J connectivity index is 3.64. The summed E-state index contributed by atoms with van der Waals surface area (Å²) in [7, 11) is 0.504. The van der Waals surface area contributed by atoms with Crippen LogP contribution in [0.3, 0.4) is 0 Å². The highest BCUT2D eigenvalue weighted by Gasteiger charge is 2.31. The lowest BCUT2D eigenvalue weighted by molar-refractivity contribution is -0.390. The van der Waals surface area contributed by atoms with E-state index in [0.29, 0.717) is 6.07 Å². The molecule has 1 heterocycles. The monoisotopic (exact) mass is 286 g/mol. The van der Waals surface area contributed by atoms with E-state index in [-0.39, 0.29) is 5.56 Å². The van der Waals surface area contributed by atoms with E-state index < -0.39 is 36.8 Å². The number of aromatic nitrogens is 1. The second-order valence-electron chi connectivity index (χ2n) is 3.01. The zero-order valence-corrected chi connectivity index (χ0v) is 9.80. The normalized spacial score (nSPS) is 11.8. The number of hydrogen-bond donors (Lipinski definition) is 0. The first-order valence-corrected chi connectivity index (χ1v) is 6.34. The summed E-state index contributed by atoms with van der Waals surface area (Å²) in [5, 5.41) is 10.5. The van der Waals surface area contributed by atoms with E-state index in [1.807, 2.05) is 0 Å². The van der Waals surface area contributed by atoms with Gasteiger partial charge in [0.1, 0.15) is 4.90 Å². The summed E-state index contributed by atoms with van der Waals surface area (Å²) in [6.07, 6.45) is -3.28. The third-order valence-electron chi connectivity index (χ3n) is 1.82. The highest BCUT2D eigenvalue weighted by Crippen LogP contribution is 2.31. The van der Waals surface area contributed by atoms with Crippen molar-refractivity contribution in [1.29, 1.82) is 0 Å². The number of alkyl halides is 2. The molecule has 0 spiro atoms. The summed E-state index contributed by atoms with van der Waals surface area (Å²) < 4.78 is 47.1. The Kier molecular flexibility index (Phi) is 3.62. The van der Waals surface area contributed by atoms with Crippen LogP contribution in [-0.4, -0.2) is 18.3 Å². The van der Waals surface area contributed by atoms with Crippen LogP contribution in [0.25, 0.3) is 0 Å². The minimum absolute atomic E-state index is 0.168. The van der Waals surface area contributed by atoms with Gasteiger partial charge in [0, 0.05) is 16.2 Å². The Morgan fingerprint density at radius 2 is 2.06 bits per heavy atom. The minimum Gasteiger partial charge on any atom is -0.358 e. The third kappa shape index (κ3) is 2.86. The molecule has 0 radical (unpaired) electrons. The number of rotatable bonds is 3. The van der Waals surface area contributed by atoms with Crippen molar-refractivity contribution in [3.63, 3.8) is 0 Å². The number of nitro groups is 1. The van der Waals surface area contributed by atoms with Crippen LogP contribution < -0.4 is 0 Å². The molecule has 0 atom stereocenters. The van der Waals surface area contributed by atoms with Gasteiger partial charge in [-0.15, -0.1) is 0 Å². The molecule has 0 bridgehead atoms. The summed E-state index contributed by atoms with van der Waals surface area (Å²) in [4.78, 5) is 11.6. The Hall–Kier alpha value is -1.35. The molecule has 6 nitrogen and oxygen atoms in total. The minimum atomic E-state index is -4.44. The maximum atomic E-state index is 12.5. The standard InChI is InChI=1S/C7H5ClF2N2O4S/c1-3-2-4(17(8,15)16)5(6(9)10)11-7(3)12(13)14/h2,6H,1H3. The van der Waals surface area contributed by atoms with Crippen molar-refractivity contribution in [2.75, 3.05) is 0 Å². The molecule has 0 saturated heterocycles. The molecule has 10 heteroatoms. The van der Waals surface area contributed by atoms with Gasteiger partial charge in [0.25, 0.3) is 9.05 Å². The van der Waals surface area contributed by atoms with Crippen molar-refractivity contribution in [3.05, 3.63) is 27.4 Å². The number of aryl methyl sites for hydroxylation is 1. The summed E-state index contributed by atoms with van der Waals surface area (Å²) >= 11 is 0. The zero-order chi connectivity index (χ0) is 13.4. The number of pyridine rings is 1. The molecular formula is C7H5ClF2N2O4S. The van der Waals surface area contributed by atoms with Crippen LogP contribution in [0.5, 0.6) is 0 Å². The largest absolute Gasteiger partial charge is 0.366 e. The highest BCUT2D eigenvalue weighted by molar-refractivity contribution is 8.13. The molecule has 94 valence electrons. The maximum absolute atomic E-state index is 12.5. The second-order valence-corrected chi connectivity index (χ2v) is 5.54. The van der Waals surface area contributed by atoms with Gasteiger partial charge >= 0.3 is 12.2 Å². The van der Waals surface area contributed by atoms with Crippen molar-refractivity contribution in [1.82, 2.24) is 4.98 Å². The maximum Gasteiger partial charge on any atom is 0.366 e. The molecule has 0 N–H and O–H groups in total. The molecule has 0 aliphatic heterocycles. The molecule has 1 aromatic rings. The predicted molar refractivity (Wildman–Crippen MR) is 53.6 cm³/mol. The quantitative estimate of drug-likeness (QED) is 0.482. The third-order valence-corrected chi connectivity index (χ3v) is 3.17. The Morgan fingerprint density at radius 1 is 1.53 bits per heavy atom. The molecule has 0 aliphatic carbocycles. The molecule has 0 unspecified atom stereocenters. The van der Waals surface area contributed by atoms with Gasteiger partial charge in [0.05, 0.1) is 0 Å². The zero-order valence-electron chi connectivity index (χ0n) is 8.22. The van der Waals surface area contributed by atoms with Crippen molar-refractivity contribution in [2.24, 2.45) is 0 Å². The van der Waals surface area contributed by atoms with Crippen LogP contribution in [0.4, 0.5) is 14.6 Å². The fourth-order valence-corrected chi connectivity index (χ4v) is 2.20. The van der Waals surface area contributed by atoms with Gasteiger partial charge in [-0.1, -0.05) is 0 Å². The molecule has 1 rings (SSSR count). The van der Waals surface area contributed by atoms with Crippen molar-refractivity contribution < 1.29 is 22.1 Å². The average Bonchev–Trinajstić information content (AvgIpc) is 2.14. The van der Waals surface area contributed by atoms with Crippen molar-refractivity contribution in [3.8, 4) is 0 Å². The molecule has 0 saturated carbocycles. The Morgan fingerprint density at radius 3 is 2.41 bits per heavy atom. The van der Waals surface area contributed by atoms with Crippen LogP contribution in [-0.2, 0) is 9.05 Å². The van der Waals surface area contributed by atoms with Crippen LogP contribution in [0.15, 0.2) is 11.0 Å². The average molecular weight is 287 g/mol. The van der Waals surface area contributed by atoms with Crippen LogP contribution in [0.1, 0.15) is 17.7 Å². The topological polar surface area (TPSA) is 90.2 Å². The van der Waals surface area contributed by atoms with E-state index in [1.54, 1.807) is 0 Å². The lowest BCUT2D eigenvalue weighted by Gasteiger charge is -2.03. The van der Waals surface area contributed by atoms with E-state index >= 15 is 0 Å². The van der Waals surface area contributed by atoms with Crippen LogP contribution in [0, 0.1) is 17.0 Å². The van der Waals surface area contributed by atoms with Crippen molar-refractivity contribution in [2.45, 2.75) is 18.2 Å². The fraction of sp³-hybridized carbons (Fsp3) is 0.286. The SMILES string of the molecule is Cc1cc(S(=O)(=O)Cl)c(C(F)F)nc1[N+](=O)[O-]. The van der Waals surface area contributed by atoms with Crippen molar-refractivity contribution >= 4 is 25.6 Å². The summed E-state index contributed by atoms with van der Waals surface area (Å²) in [6.45, 7) is 1.17. The molecule has 0 aliphatic rings. The van der Waals surface area contributed by atoms with E-state index in [1.165, 1.54) is 6.92 Å². The van der Waals surface area contributed by atoms with Gasteiger partial charge in [-0.25, -0.2) is 17.2 Å². The number of halogens is 3. The number of hydrogen-bond acceptors (Lipinski definition) is 5. The lowest BCUT2D eigenvalue weighted by atomic mass is 10.2. The molecule has 0 amide bonds.